The van der Waals surface area contributed by atoms with Gasteiger partial charge >= 0.3 is 5.97 Å². The van der Waals surface area contributed by atoms with Gasteiger partial charge in [0, 0.05) is 16.2 Å². The van der Waals surface area contributed by atoms with Gasteiger partial charge in [-0.1, -0.05) is 23.7 Å². The van der Waals surface area contributed by atoms with Crippen molar-refractivity contribution in [2.24, 2.45) is 0 Å². The molecule has 0 aliphatic heterocycles. The van der Waals surface area contributed by atoms with E-state index in [1.165, 1.54) is 18.2 Å². The van der Waals surface area contributed by atoms with Crippen LogP contribution in [0.15, 0.2) is 28.8 Å². The van der Waals surface area contributed by atoms with Crippen LogP contribution in [0.2, 0.25) is 5.02 Å². The van der Waals surface area contributed by atoms with Gasteiger partial charge in [-0.3, -0.25) is 4.79 Å². The van der Waals surface area contributed by atoms with Crippen LogP contribution >= 0.6 is 22.9 Å². The third kappa shape index (κ3) is 3.71. The van der Waals surface area contributed by atoms with Crippen LogP contribution in [0.4, 0.5) is 10.2 Å². The molecule has 0 aliphatic carbocycles. The first kappa shape index (κ1) is 18.3. The number of rotatable bonds is 5. The van der Waals surface area contributed by atoms with Crippen molar-refractivity contribution in [3.05, 3.63) is 45.7 Å². The van der Waals surface area contributed by atoms with Crippen LogP contribution in [0, 0.1) is 12.7 Å². The lowest BCUT2D eigenvalue weighted by Gasteiger charge is -2.14. The summed E-state index contributed by atoms with van der Waals surface area (Å²) in [5.41, 5.74) is 0. The van der Waals surface area contributed by atoms with E-state index in [-0.39, 0.29) is 22.1 Å². The van der Waals surface area contributed by atoms with Gasteiger partial charge < -0.3 is 14.6 Å². The number of aromatic nitrogens is 1. The van der Waals surface area contributed by atoms with E-state index in [2.05, 4.69) is 10.5 Å². The molecule has 0 bridgehead atoms. The average molecular weight is 397 g/mol. The monoisotopic (exact) mass is 396 g/mol. The lowest BCUT2D eigenvalue weighted by molar-refractivity contribution is -0.124. The Labute approximate surface area is 156 Å². The van der Waals surface area contributed by atoms with Crippen molar-refractivity contribution >= 4 is 50.7 Å². The molecule has 0 radical (unpaired) electrons. The molecule has 9 heteroatoms. The number of aryl methyl sites for hydroxylation is 1. The van der Waals surface area contributed by atoms with Crippen molar-refractivity contribution < 1.29 is 23.2 Å². The van der Waals surface area contributed by atoms with Crippen LogP contribution in [0.5, 0.6) is 0 Å². The lowest BCUT2D eigenvalue weighted by atomic mass is 10.2. The minimum Gasteiger partial charge on any atom is -0.448 e. The van der Waals surface area contributed by atoms with Gasteiger partial charge in [0.15, 0.2) is 11.9 Å². The molecule has 0 aliphatic rings. The molecule has 2 aromatic heterocycles. The summed E-state index contributed by atoms with van der Waals surface area (Å²) in [4.78, 5) is 24.8. The maximum Gasteiger partial charge on any atom is 0.350 e. The van der Waals surface area contributed by atoms with E-state index in [1.54, 1.807) is 19.9 Å². The Morgan fingerprint density at radius 3 is 2.85 bits per heavy atom. The highest BCUT2D eigenvalue weighted by Gasteiger charge is 2.26. The summed E-state index contributed by atoms with van der Waals surface area (Å²) in [6, 6.07) is 5.60. The Hall–Kier alpha value is -2.45. The highest BCUT2D eigenvalue weighted by atomic mass is 35.5. The Morgan fingerprint density at radius 2 is 2.19 bits per heavy atom. The zero-order valence-corrected chi connectivity index (χ0v) is 15.4. The maximum atomic E-state index is 13.3. The molecule has 0 spiro atoms. The van der Waals surface area contributed by atoms with Crippen LogP contribution < -0.4 is 5.32 Å². The normalized spacial score (nSPS) is 12.2. The van der Waals surface area contributed by atoms with E-state index in [1.807, 2.05) is 0 Å². The number of carbonyl (C=O) groups is 2. The molecule has 136 valence electrons. The summed E-state index contributed by atoms with van der Waals surface area (Å²) in [5, 5.41) is 6.91. The van der Waals surface area contributed by atoms with Gasteiger partial charge in [0.2, 0.25) is 0 Å². The van der Waals surface area contributed by atoms with Gasteiger partial charge in [-0.05, 0) is 31.5 Å². The quantitative estimate of drug-likeness (QED) is 0.639. The SMILES string of the molecule is CCC(OC(=O)c1sc2cc(F)ccc2c1Cl)C(=O)Nc1cc(C)on1. The standard InChI is InChI=1S/C17H14ClFN2O4S/c1-3-11(16(22)20-13-6-8(2)25-21-13)24-17(23)15-14(18)10-5-4-9(19)7-12(10)26-15/h4-7,11H,3H2,1-2H3,(H,20,21,22). The highest BCUT2D eigenvalue weighted by Crippen LogP contribution is 2.36. The predicted molar refractivity (Wildman–Crippen MR) is 96.2 cm³/mol. The number of hydrogen-bond acceptors (Lipinski definition) is 6. The Kier molecular flexibility index (Phi) is 5.24. The van der Waals surface area contributed by atoms with Crippen LogP contribution in [0.3, 0.4) is 0 Å². The van der Waals surface area contributed by atoms with Gasteiger partial charge in [0.25, 0.3) is 5.91 Å². The highest BCUT2D eigenvalue weighted by molar-refractivity contribution is 7.21. The molecule has 6 nitrogen and oxygen atoms in total. The van der Waals surface area contributed by atoms with Crippen molar-refractivity contribution in [3.63, 3.8) is 0 Å². The zero-order chi connectivity index (χ0) is 18.8. The number of carbonyl (C=O) groups excluding carboxylic acids is 2. The van der Waals surface area contributed by atoms with E-state index in [0.717, 1.165) is 11.3 Å². The van der Waals surface area contributed by atoms with Crippen LogP contribution in [-0.4, -0.2) is 23.1 Å². The van der Waals surface area contributed by atoms with Gasteiger partial charge in [0.1, 0.15) is 16.5 Å². The molecule has 0 fully saturated rings. The van der Waals surface area contributed by atoms with Crippen molar-refractivity contribution in [1.29, 1.82) is 0 Å². The minimum absolute atomic E-state index is 0.121. The second-order valence-corrected chi connectivity index (χ2v) is 6.93. The summed E-state index contributed by atoms with van der Waals surface area (Å²) in [6.45, 7) is 3.39. The molecular weight excluding hydrogens is 383 g/mol. The van der Waals surface area contributed by atoms with Crippen molar-refractivity contribution in [2.45, 2.75) is 26.4 Å². The maximum absolute atomic E-state index is 13.3. The van der Waals surface area contributed by atoms with Crippen LogP contribution in [0.1, 0.15) is 28.8 Å². The zero-order valence-electron chi connectivity index (χ0n) is 13.8. The Morgan fingerprint density at radius 1 is 1.42 bits per heavy atom. The first-order valence-electron chi connectivity index (χ1n) is 7.71. The number of ether oxygens (including phenoxy) is 1. The van der Waals surface area contributed by atoms with Crippen molar-refractivity contribution in [2.75, 3.05) is 5.32 Å². The molecule has 0 saturated heterocycles. The van der Waals surface area contributed by atoms with E-state index < -0.39 is 23.8 Å². The number of amides is 1. The van der Waals surface area contributed by atoms with E-state index in [9.17, 15) is 14.0 Å². The van der Waals surface area contributed by atoms with E-state index >= 15 is 0 Å². The molecule has 1 N–H and O–H groups in total. The third-order valence-electron chi connectivity index (χ3n) is 3.57. The summed E-state index contributed by atoms with van der Waals surface area (Å²) in [6.07, 6.45) is -0.775. The van der Waals surface area contributed by atoms with Gasteiger partial charge in [0.05, 0.1) is 5.02 Å². The number of benzene rings is 1. The number of hydrogen-bond donors (Lipinski definition) is 1. The van der Waals surface area contributed by atoms with E-state index in [4.69, 9.17) is 20.9 Å². The molecule has 3 rings (SSSR count). The largest absolute Gasteiger partial charge is 0.448 e. The lowest BCUT2D eigenvalue weighted by Crippen LogP contribution is -2.32. The number of halogens is 2. The summed E-state index contributed by atoms with van der Waals surface area (Å²) in [7, 11) is 0. The number of anilines is 1. The van der Waals surface area contributed by atoms with Gasteiger partial charge in [-0.25, -0.2) is 9.18 Å². The van der Waals surface area contributed by atoms with Crippen molar-refractivity contribution in [1.82, 2.24) is 5.16 Å². The minimum atomic E-state index is -1.03. The molecule has 2 heterocycles. The topological polar surface area (TPSA) is 81.4 Å². The Balaban J connectivity index is 1.76. The number of nitrogens with one attached hydrogen (secondary N) is 1. The molecule has 1 amide bonds. The summed E-state index contributed by atoms with van der Waals surface area (Å²) >= 11 is 7.22. The second-order valence-electron chi connectivity index (χ2n) is 5.50. The first-order chi connectivity index (χ1) is 12.4. The smallest absolute Gasteiger partial charge is 0.350 e. The fourth-order valence-electron chi connectivity index (χ4n) is 2.31. The summed E-state index contributed by atoms with van der Waals surface area (Å²) < 4.78 is 24.0. The van der Waals surface area contributed by atoms with Gasteiger partial charge in [-0.2, -0.15) is 0 Å². The predicted octanol–water partition coefficient (Wildman–Crippen LogP) is 4.56. The van der Waals surface area contributed by atoms with Gasteiger partial charge in [-0.15, -0.1) is 11.3 Å². The number of esters is 1. The average Bonchev–Trinajstić information content (AvgIpc) is 3.15. The number of thiophene rings is 1. The molecule has 26 heavy (non-hydrogen) atoms. The molecule has 0 saturated carbocycles. The first-order valence-corrected chi connectivity index (χ1v) is 8.91. The fourth-order valence-corrected chi connectivity index (χ4v) is 3.72. The fraction of sp³-hybridized carbons (Fsp3) is 0.235. The molecule has 1 aromatic carbocycles. The number of fused-ring (bicyclic) bond motifs is 1. The molecule has 1 unspecified atom stereocenters. The second kappa shape index (κ2) is 7.43. The Bertz CT molecular complexity index is 984. The molecule has 1 atom stereocenters. The summed E-state index contributed by atoms with van der Waals surface area (Å²) in [5.74, 6) is -0.927. The number of nitrogens with zero attached hydrogens (tertiary/aromatic N) is 1. The van der Waals surface area contributed by atoms with E-state index in [0.29, 0.717) is 15.8 Å². The third-order valence-corrected chi connectivity index (χ3v) is 5.21. The molecular formula is C17H14ClFN2O4S. The van der Waals surface area contributed by atoms with Crippen LogP contribution in [-0.2, 0) is 9.53 Å². The van der Waals surface area contributed by atoms with Crippen LogP contribution in [0.25, 0.3) is 10.1 Å². The molecule has 3 aromatic rings. The van der Waals surface area contributed by atoms with Crippen molar-refractivity contribution in [3.8, 4) is 0 Å².